The normalized spacial score (nSPS) is 22.5. The topological polar surface area (TPSA) is 35.6 Å². The second kappa shape index (κ2) is 7.59. The van der Waals surface area contributed by atoms with Crippen LogP contribution in [0.2, 0.25) is 5.02 Å². The molecule has 0 bridgehead atoms. The molecule has 2 heterocycles. The minimum atomic E-state index is -0.546. The summed E-state index contributed by atoms with van der Waals surface area (Å²) in [6, 6.07) is 4.91. The van der Waals surface area contributed by atoms with Crippen LogP contribution in [0.4, 0.5) is 4.39 Å². The predicted molar refractivity (Wildman–Crippen MR) is 87.4 cm³/mol. The van der Waals surface area contributed by atoms with Gasteiger partial charge in [0.05, 0.1) is 10.6 Å². The summed E-state index contributed by atoms with van der Waals surface area (Å²) in [6.45, 7) is 5.01. The van der Waals surface area contributed by atoms with Gasteiger partial charge in [0, 0.05) is 38.8 Å². The highest BCUT2D eigenvalue weighted by atomic mass is 35.5. The van der Waals surface area contributed by atoms with Gasteiger partial charge in [-0.25, -0.2) is 4.39 Å². The molecule has 1 unspecified atom stereocenters. The van der Waals surface area contributed by atoms with E-state index in [2.05, 4.69) is 10.2 Å². The number of hydrogen-bond acceptors (Lipinski definition) is 3. The fourth-order valence-corrected chi connectivity index (χ4v) is 3.35. The Morgan fingerprint density at radius 2 is 2.00 bits per heavy atom. The fraction of sp³-hybridized carbons (Fsp3) is 0.533. The van der Waals surface area contributed by atoms with Gasteiger partial charge in [0.1, 0.15) is 5.82 Å². The summed E-state index contributed by atoms with van der Waals surface area (Å²) in [5.74, 6) is -0.850. The SMILES string of the molecule is Cl.O=C(c1c(F)cccc1Cl)N1CCN(C2CCNC2)CC1. The summed E-state index contributed by atoms with van der Waals surface area (Å²) in [6.07, 6.45) is 1.16. The van der Waals surface area contributed by atoms with Crippen LogP contribution in [0.5, 0.6) is 0 Å². The van der Waals surface area contributed by atoms with E-state index in [1.165, 1.54) is 12.1 Å². The van der Waals surface area contributed by atoms with E-state index in [0.29, 0.717) is 19.1 Å². The van der Waals surface area contributed by atoms with Crippen molar-refractivity contribution in [1.29, 1.82) is 0 Å². The summed E-state index contributed by atoms with van der Waals surface area (Å²) in [4.78, 5) is 16.5. The summed E-state index contributed by atoms with van der Waals surface area (Å²) >= 11 is 5.97. The van der Waals surface area contributed by atoms with Gasteiger partial charge in [0.15, 0.2) is 0 Å². The number of nitrogens with zero attached hydrogens (tertiary/aromatic N) is 2. The van der Waals surface area contributed by atoms with Gasteiger partial charge < -0.3 is 10.2 Å². The van der Waals surface area contributed by atoms with Crippen LogP contribution in [0, 0.1) is 5.82 Å². The lowest BCUT2D eigenvalue weighted by molar-refractivity contribution is 0.0579. The second-order valence-corrected chi connectivity index (χ2v) is 5.98. The molecule has 4 nitrogen and oxygen atoms in total. The zero-order chi connectivity index (χ0) is 14.8. The largest absolute Gasteiger partial charge is 0.336 e. The molecule has 3 rings (SSSR count). The summed E-state index contributed by atoms with van der Waals surface area (Å²) in [5, 5.41) is 3.54. The van der Waals surface area contributed by atoms with Gasteiger partial charge in [0.2, 0.25) is 0 Å². The fourth-order valence-electron chi connectivity index (χ4n) is 3.10. The van der Waals surface area contributed by atoms with E-state index in [9.17, 15) is 9.18 Å². The maximum Gasteiger partial charge on any atom is 0.258 e. The quantitative estimate of drug-likeness (QED) is 0.888. The monoisotopic (exact) mass is 347 g/mol. The molecular weight excluding hydrogens is 328 g/mol. The third kappa shape index (κ3) is 3.54. The van der Waals surface area contributed by atoms with E-state index in [-0.39, 0.29) is 28.9 Å². The average molecular weight is 348 g/mol. The third-order valence-corrected chi connectivity index (χ3v) is 4.64. The number of amides is 1. The Morgan fingerprint density at radius 3 is 2.59 bits per heavy atom. The maximum atomic E-state index is 13.8. The van der Waals surface area contributed by atoms with Crippen molar-refractivity contribution in [2.75, 3.05) is 39.3 Å². The highest BCUT2D eigenvalue weighted by Gasteiger charge is 2.29. The molecule has 1 amide bonds. The van der Waals surface area contributed by atoms with Crippen LogP contribution >= 0.6 is 24.0 Å². The first-order chi connectivity index (χ1) is 10.2. The van der Waals surface area contributed by atoms with Crippen LogP contribution in [0.3, 0.4) is 0 Å². The van der Waals surface area contributed by atoms with Gasteiger partial charge in [-0.3, -0.25) is 9.69 Å². The Hall–Kier alpha value is -0.880. The molecule has 0 aliphatic carbocycles. The highest BCUT2D eigenvalue weighted by Crippen LogP contribution is 2.22. The summed E-state index contributed by atoms with van der Waals surface area (Å²) < 4.78 is 13.8. The molecule has 1 atom stereocenters. The molecule has 0 radical (unpaired) electrons. The van der Waals surface area contributed by atoms with Crippen molar-refractivity contribution in [2.45, 2.75) is 12.5 Å². The van der Waals surface area contributed by atoms with E-state index < -0.39 is 5.82 Å². The van der Waals surface area contributed by atoms with Crippen molar-refractivity contribution in [3.05, 3.63) is 34.6 Å². The first-order valence-electron chi connectivity index (χ1n) is 7.35. The molecule has 1 N–H and O–H groups in total. The summed E-state index contributed by atoms with van der Waals surface area (Å²) in [7, 11) is 0. The van der Waals surface area contributed by atoms with E-state index in [4.69, 9.17) is 11.6 Å². The van der Waals surface area contributed by atoms with E-state index in [0.717, 1.165) is 32.6 Å². The van der Waals surface area contributed by atoms with Crippen molar-refractivity contribution in [2.24, 2.45) is 0 Å². The average Bonchev–Trinajstić information content (AvgIpc) is 3.01. The molecule has 0 aromatic heterocycles. The van der Waals surface area contributed by atoms with Crippen molar-refractivity contribution >= 4 is 29.9 Å². The highest BCUT2D eigenvalue weighted by molar-refractivity contribution is 6.33. The zero-order valence-electron chi connectivity index (χ0n) is 12.2. The number of halogens is 3. The lowest BCUT2D eigenvalue weighted by Gasteiger charge is -2.37. The Morgan fingerprint density at radius 1 is 1.27 bits per heavy atom. The Labute approximate surface area is 141 Å². The molecule has 1 aromatic rings. The van der Waals surface area contributed by atoms with Gasteiger partial charge in [-0.05, 0) is 25.1 Å². The lowest BCUT2D eigenvalue weighted by Crippen LogP contribution is -2.52. The molecule has 2 saturated heterocycles. The first-order valence-corrected chi connectivity index (χ1v) is 7.72. The first kappa shape index (κ1) is 17.5. The van der Waals surface area contributed by atoms with Crippen molar-refractivity contribution < 1.29 is 9.18 Å². The Balaban J connectivity index is 0.00000176. The van der Waals surface area contributed by atoms with Gasteiger partial charge in [0.25, 0.3) is 5.91 Å². The number of nitrogens with one attached hydrogen (secondary N) is 1. The van der Waals surface area contributed by atoms with E-state index >= 15 is 0 Å². The smallest absolute Gasteiger partial charge is 0.258 e. The number of carbonyl (C=O) groups is 1. The lowest BCUT2D eigenvalue weighted by atomic mass is 10.1. The van der Waals surface area contributed by atoms with Crippen LogP contribution < -0.4 is 5.32 Å². The minimum Gasteiger partial charge on any atom is -0.336 e. The maximum absolute atomic E-state index is 13.8. The van der Waals surface area contributed by atoms with Crippen LogP contribution in [0.1, 0.15) is 16.8 Å². The van der Waals surface area contributed by atoms with Gasteiger partial charge in [-0.2, -0.15) is 0 Å². The van der Waals surface area contributed by atoms with Crippen LogP contribution in [-0.2, 0) is 0 Å². The standard InChI is InChI=1S/C15H19ClFN3O.ClH/c16-12-2-1-3-13(17)14(12)15(21)20-8-6-19(7-9-20)11-4-5-18-10-11;/h1-3,11,18H,4-10H2;1H. The molecule has 2 aliphatic heterocycles. The summed E-state index contributed by atoms with van der Waals surface area (Å²) in [5.41, 5.74) is -0.00449. The van der Waals surface area contributed by atoms with Crippen molar-refractivity contribution in [1.82, 2.24) is 15.1 Å². The molecule has 2 aliphatic rings. The number of benzene rings is 1. The third-order valence-electron chi connectivity index (χ3n) is 4.33. The molecule has 0 saturated carbocycles. The van der Waals surface area contributed by atoms with Crippen LogP contribution in [0.15, 0.2) is 18.2 Å². The number of piperazine rings is 1. The van der Waals surface area contributed by atoms with Crippen LogP contribution in [0.25, 0.3) is 0 Å². The molecule has 22 heavy (non-hydrogen) atoms. The second-order valence-electron chi connectivity index (χ2n) is 5.57. The van der Waals surface area contributed by atoms with Crippen molar-refractivity contribution in [3.8, 4) is 0 Å². The van der Waals surface area contributed by atoms with Gasteiger partial charge in [-0.15, -0.1) is 12.4 Å². The molecule has 0 spiro atoms. The molecule has 2 fully saturated rings. The van der Waals surface area contributed by atoms with Crippen molar-refractivity contribution in [3.63, 3.8) is 0 Å². The van der Waals surface area contributed by atoms with E-state index in [1.54, 1.807) is 11.0 Å². The molecule has 122 valence electrons. The molecule has 1 aromatic carbocycles. The van der Waals surface area contributed by atoms with E-state index in [1.807, 2.05) is 0 Å². The zero-order valence-corrected chi connectivity index (χ0v) is 13.8. The predicted octanol–water partition coefficient (Wildman–Crippen LogP) is 2.02. The number of hydrogen-bond donors (Lipinski definition) is 1. The Kier molecular flexibility index (Phi) is 6.03. The van der Waals surface area contributed by atoms with Crippen LogP contribution in [-0.4, -0.2) is 61.0 Å². The Bertz CT molecular complexity index is 509. The molecular formula is C15H20Cl2FN3O. The number of carbonyl (C=O) groups excluding carboxylic acids is 1. The number of rotatable bonds is 2. The minimum absolute atomic E-state index is 0. The molecule has 7 heteroatoms. The van der Waals surface area contributed by atoms with Gasteiger partial charge >= 0.3 is 0 Å². The van der Waals surface area contributed by atoms with Gasteiger partial charge in [-0.1, -0.05) is 17.7 Å².